The lowest BCUT2D eigenvalue weighted by atomic mass is 10.1. The maximum Gasteiger partial charge on any atom is 0.243 e. The summed E-state index contributed by atoms with van der Waals surface area (Å²) < 4.78 is 0. The van der Waals surface area contributed by atoms with E-state index in [-0.39, 0.29) is 31.0 Å². The number of aliphatic imine (C=N–C) groups is 1. The summed E-state index contributed by atoms with van der Waals surface area (Å²) in [5.74, 6) is -2.12. The smallest absolute Gasteiger partial charge is 0.243 e. The highest BCUT2D eigenvalue weighted by Gasteiger charge is 2.23. The number of carbonyl (C=O) groups is 4. The van der Waals surface area contributed by atoms with E-state index in [1.807, 2.05) is 13.8 Å². The third-order valence-corrected chi connectivity index (χ3v) is 4.25. The molecule has 0 spiro atoms. The van der Waals surface area contributed by atoms with Crippen LogP contribution in [0.15, 0.2) is 4.99 Å². The number of rotatable bonds is 17. The Bertz CT molecular complexity index is 636. The van der Waals surface area contributed by atoms with Crippen molar-refractivity contribution in [1.29, 1.82) is 0 Å². The van der Waals surface area contributed by atoms with Crippen molar-refractivity contribution in [3.05, 3.63) is 0 Å². The number of amides is 4. The Morgan fingerprint density at radius 3 is 2.00 bits per heavy atom. The number of unbranched alkanes of at least 4 members (excludes halogenated alkanes) is 1. The van der Waals surface area contributed by atoms with E-state index in [0.717, 1.165) is 0 Å². The summed E-state index contributed by atoms with van der Waals surface area (Å²) in [6.45, 7) is 4.00. The zero-order valence-electron chi connectivity index (χ0n) is 19.0. The third-order valence-electron chi connectivity index (χ3n) is 4.25. The normalized spacial score (nSPS) is 12.5. The quantitative estimate of drug-likeness (QED) is 0.0625. The molecule has 32 heavy (non-hydrogen) atoms. The van der Waals surface area contributed by atoms with E-state index in [2.05, 4.69) is 26.3 Å². The zero-order valence-corrected chi connectivity index (χ0v) is 19.0. The van der Waals surface area contributed by atoms with Gasteiger partial charge < -0.3 is 44.2 Å². The molecule has 0 aromatic rings. The van der Waals surface area contributed by atoms with E-state index >= 15 is 0 Å². The number of nitrogens with one attached hydrogen (secondary N) is 4. The number of hydrogen-bond donors (Lipinski definition) is 8. The van der Waals surface area contributed by atoms with Crippen LogP contribution in [-0.4, -0.2) is 73.9 Å². The fraction of sp³-hybridized carbons (Fsp3) is 0.737. The lowest BCUT2D eigenvalue weighted by molar-refractivity contribution is -0.131. The lowest BCUT2D eigenvalue weighted by Crippen LogP contribution is -2.52. The van der Waals surface area contributed by atoms with Gasteiger partial charge in [0.25, 0.3) is 0 Å². The summed E-state index contributed by atoms with van der Waals surface area (Å²) in [6.07, 6.45) is 2.66. The van der Waals surface area contributed by atoms with Crippen LogP contribution in [0.25, 0.3) is 0 Å². The molecule has 0 bridgehead atoms. The largest absolute Gasteiger partial charge is 0.370 e. The Morgan fingerprint density at radius 1 is 0.844 bits per heavy atom. The van der Waals surface area contributed by atoms with E-state index in [1.165, 1.54) is 0 Å². The highest BCUT2D eigenvalue weighted by molar-refractivity contribution is 5.92. The minimum absolute atomic E-state index is 0.0135. The van der Waals surface area contributed by atoms with Gasteiger partial charge in [0.15, 0.2) is 5.96 Å². The molecule has 0 aromatic heterocycles. The van der Waals surface area contributed by atoms with Gasteiger partial charge in [-0.1, -0.05) is 13.8 Å². The number of nitrogens with zero attached hydrogens (tertiary/aromatic N) is 1. The first-order valence-corrected chi connectivity index (χ1v) is 10.7. The van der Waals surface area contributed by atoms with Gasteiger partial charge in [0, 0.05) is 12.6 Å². The fourth-order valence-corrected chi connectivity index (χ4v) is 2.79. The molecule has 4 amide bonds. The number of carbonyl (C=O) groups excluding carboxylic acids is 4. The Morgan fingerprint density at radius 2 is 1.44 bits per heavy atom. The maximum atomic E-state index is 12.5. The zero-order chi connectivity index (χ0) is 24.5. The van der Waals surface area contributed by atoms with Gasteiger partial charge in [-0.05, 0) is 38.6 Å². The number of nitrogens with two attached hydrogens (primary N) is 4. The van der Waals surface area contributed by atoms with Gasteiger partial charge in [-0.2, -0.15) is 0 Å². The first-order valence-electron chi connectivity index (χ1n) is 10.7. The SMILES string of the molecule is CC(C)NC(CCCN=C(N)N)C(=O)NCC(=O)NC(CCCCN)C(=O)NCC(N)=O. The van der Waals surface area contributed by atoms with Gasteiger partial charge in [0.2, 0.25) is 23.6 Å². The Hall–Kier alpha value is -2.93. The molecular weight excluding hydrogens is 418 g/mol. The molecule has 0 aliphatic rings. The molecule has 0 radical (unpaired) electrons. The van der Waals surface area contributed by atoms with Gasteiger partial charge in [0.05, 0.1) is 19.1 Å². The molecule has 0 fully saturated rings. The summed E-state index contributed by atoms with van der Waals surface area (Å²) in [5.41, 5.74) is 21.1. The maximum absolute atomic E-state index is 12.5. The summed E-state index contributed by atoms with van der Waals surface area (Å²) in [7, 11) is 0. The van der Waals surface area contributed by atoms with Crippen LogP contribution in [0.2, 0.25) is 0 Å². The summed E-state index contributed by atoms with van der Waals surface area (Å²) in [5, 5.41) is 10.7. The molecule has 2 unspecified atom stereocenters. The van der Waals surface area contributed by atoms with E-state index in [9.17, 15) is 19.2 Å². The molecule has 0 rings (SSSR count). The molecule has 0 saturated carbocycles. The molecule has 13 nitrogen and oxygen atoms in total. The molecule has 12 N–H and O–H groups in total. The van der Waals surface area contributed by atoms with E-state index in [0.29, 0.717) is 45.2 Å². The minimum atomic E-state index is -0.866. The molecule has 0 saturated heterocycles. The lowest BCUT2D eigenvalue weighted by Gasteiger charge is -2.21. The van der Waals surface area contributed by atoms with E-state index in [4.69, 9.17) is 22.9 Å². The first-order chi connectivity index (χ1) is 15.1. The van der Waals surface area contributed by atoms with Crippen molar-refractivity contribution in [3.63, 3.8) is 0 Å². The Labute approximate surface area is 188 Å². The monoisotopic (exact) mass is 457 g/mol. The standard InChI is InChI=1S/C19H39N9O4/c1-12(2)27-13(7-5-9-24-19(22)23)17(31)26-11-16(30)28-14(6-3-4-8-20)18(32)25-10-15(21)29/h12-14,27H,3-11,20H2,1-2H3,(H2,21,29)(H,25,32)(H,26,31)(H,28,30)(H4,22,23,24). The first kappa shape index (κ1) is 29.1. The van der Waals surface area contributed by atoms with Crippen molar-refractivity contribution >= 4 is 29.6 Å². The van der Waals surface area contributed by atoms with Gasteiger partial charge >= 0.3 is 0 Å². The number of guanidine groups is 1. The predicted molar refractivity (Wildman–Crippen MR) is 122 cm³/mol. The highest BCUT2D eigenvalue weighted by atomic mass is 16.2. The van der Waals surface area contributed by atoms with Crippen LogP contribution in [-0.2, 0) is 19.2 Å². The van der Waals surface area contributed by atoms with Crippen molar-refractivity contribution in [2.45, 2.75) is 64.1 Å². The van der Waals surface area contributed by atoms with Crippen molar-refractivity contribution < 1.29 is 19.2 Å². The average molecular weight is 458 g/mol. The van der Waals surface area contributed by atoms with Crippen LogP contribution in [0.5, 0.6) is 0 Å². The average Bonchev–Trinajstić information content (AvgIpc) is 2.71. The molecule has 0 aliphatic carbocycles. The van der Waals surface area contributed by atoms with Crippen molar-refractivity contribution in [2.75, 3.05) is 26.2 Å². The minimum Gasteiger partial charge on any atom is -0.370 e. The van der Waals surface area contributed by atoms with E-state index in [1.54, 1.807) is 0 Å². The molecule has 0 aliphatic heterocycles. The van der Waals surface area contributed by atoms with Crippen LogP contribution < -0.4 is 44.2 Å². The second kappa shape index (κ2) is 16.7. The van der Waals surface area contributed by atoms with Crippen LogP contribution >= 0.6 is 0 Å². The summed E-state index contributed by atoms with van der Waals surface area (Å²) >= 11 is 0. The Balaban J connectivity index is 4.78. The molecule has 0 aromatic carbocycles. The van der Waals surface area contributed by atoms with Crippen LogP contribution in [0.3, 0.4) is 0 Å². The highest BCUT2D eigenvalue weighted by Crippen LogP contribution is 2.02. The van der Waals surface area contributed by atoms with Gasteiger partial charge in [0.1, 0.15) is 6.04 Å². The predicted octanol–water partition coefficient (Wildman–Crippen LogP) is -3.26. The molecule has 2 atom stereocenters. The van der Waals surface area contributed by atoms with Crippen molar-refractivity contribution in [2.24, 2.45) is 27.9 Å². The summed E-state index contributed by atoms with van der Waals surface area (Å²) in [6, 6.07) is -1.35. The third kappa shape index (κ3) is 15.0. The molecule has 13 heteroatoms. The topological polar surface area (TPSA) is 233 Å². The molecular formula is C19H39N9O4. The van der Waals surface area contributed by atoms with Gasteiger partial charge in [-0.3, -0.25) is 24.2 Å². The van der Waals surface area contributed by atoms with Gasteiger partial charge in [-0.25, -0.2) is 0 Å². The van der Waals surface area contributed by atoms with Gasteiger partial charge in [-0.15, -0.1) is 0 Å². The fourth-order valence-electron chi connectivity index (χ4n) is 2.79. The molecule has 184 valence electrons. The van der Waals surface area contributed by atoms with Crippen molar-refractivity contribution in [3.8, 4) is 0 Å². The van der Waals surface area contributed by atoms with Crippen LogP contribution in [0.1, 0.15) is 46.0 Å². The van der Waals surface area contributed by atoms with Crippen LogP contribution in [0.4, 0.5) is 0 Å². The summed E-state index contributed by atoms with van der Waals surface area (Å²) in [4.78, 5) is 51.9. The van der Waals surface area contributed by atoms with Crippen molar-refractivity contribution in [1.82, 2.24) is 21.3 Å². The van der Waals surface area contributed by atoms with Crippen LogP contribution in [0, 0.1) is 0 Å². The molecule has 0 heterocycles. The Kier molecular flexibility index (Phi) is 15.2. The second-order valence-corrected chi connectivity index (χ2v) is 7.63. The number of primary amides is 1. The van der Waals surface area contributed by atoms with E-state index < -0.39 is 29.8 Å². The number of hydrogen-bond acceptors (Lipinski definition) is 7. The second-order valence-electron chi connectivity index (χ2n) is 7.63.